The average molecular weight is 1150 g/mol. The van der Waals surface area contributed by atoms with Crippen molar-refractivity contribution in [2.45, 2.75) is 39.0 Å². The zero-order valence-electron chi connectivity index (χ0n) is 50.5. The zero-order chi connectivity index (χ0) is 59.9. The maximum absolute atomic E-state index is 5.69. The smallest absolute Gasteiger partial charge is 0.235 e. The van der Waals surface area contributed by atoms with Gasteiger partial charge in [-0.3, -0.25) is 4.57 Å². The lowest BCUT2D eigenvalue weighted by molar-refractivity contribution is 0.659. The van der Waals surface area contributed by atoms with E-state index in [1.54, 1.807) is 0 Å². The summed E-state index contributed by atoms with van der Waals surface area (Å²) < 4.78 is 4.89. The lowest BCUT2D eigenvalue weighted by Crippen LogP contribution is -2.15. The van der Waals surface area contributed by atoms with Crippen molar-refractivity contribution >= 4 is 86.7 Å². The van der Waals surface area contributed by atoms with E-state index in [4.69, 9.17) is 9.97 Å². The first-order valence-electron chi connectivity index (χ1n) is 31.4. The first kappa shape index (κ1) is 52.0. The number of nitrogens with zero attached hydrogens (tertiary/aromatic N) is 4. The van der Waals surface area contributed by atoms with E-state index in [1.807, 2.05) is 0 Å². The Labute approximate surface area is 522 Å². The molecule has 14 aromatic carbocycles. The summed E-state index contributed by atoms with van der Waals surface area (Å²) in [6.07, 6.45) is 0. The van der Waals surface area contributed by atoms with E-state index in [-0.39, 0.29) is 11.3 Å². The van der Waals surface area contributed by atoms with Gasteiger partial charge in [0.15, 0.2) is 0 Å². The minimum absolute atomic E-state index is 0.104. The molecule has 3 aromatic heterocycles. The molecule has 4 heteroatoms. The molecular formula is C86H60N4. The summed E-state index contributed by atoms with van der Waals surface area (Å²) in [5, 5.41) is 14.5. The van der Waals surface area contributed by atoms with Crippen molar-refractivity contribution in [3.8, 4) is 56.4 Å². The van der Waals surface area contributed by atoms with Crippen molar-refractivity contribution < 1.29 is 0 Å². The van der Waals surface area contributed by atoms with Gasteiger partial charge in [-0.1, -0.05) is 244 Å². The Morgan fingerprint density at radius 1 is 0.300 bits per heavy atom. The highest BCUT2D eigenvalue weighted by Crippen LogP contribution is 2.51. The first-order valence-corrected chi connectivity index (χ1v) is 31.4. The monoisotopic (exact) mass is 1150 g/mol. The molecule has 0 radical (unpaired) electrons. The van der Waals surface area contributed by atoms with Crippen LogP contribution < -0.4 is 0 Å². The Bertz CT molecular complexity index is 5810. The Kier molecular flexibility index (Phi) is 11.5. The maximum Gasteiger partial charge on any atom is 0.235 e. The van der Waals surface area contributed by atoms with Gasteiger partial charge in [0.1, 0.15) is 0 Å². The molecule has 0 saturated heterocycles. The fourth-order valence-corrected chi connectivity index (χ4v) is 15.5. The van der Waals surface area contributed by atoms with Crippen LogP contribution in [0.2, 0.25) is 0 Å². The molecular weight excluding hydrogens is 1090 g/mol. The van der Waals surface area contributed by atoms with Crippen molar-refractivity contribution in [2.75, 3.05) is 0 Å². The molecule has 3 heterocycles. The number of aryl methyl sites for hydroxylation is 2. The van der Waals surface area contributed by atoms with Crippen LogP contribution in [0.3, 0.4) is 0 Å². The van der Waals surface area contributed by atoms with Crippen molar-refractivity contribution in [1.29, 1.82) is 0 Å². The fraction of sp³-hybridized carbons (Fsp3) is 0.0698. The van der Waals surface area contributed by atoms with Crippen LogP contribution in [0.1, 0.15) is 58.7 Å². The van der Waals surface area contributed by atoms with E-state index in [1.165, 1.54) is 104 Å². The topological polar surface area (TPSA) is 35.6 Å². The highest BCUT2D eigenvalue weighted by atomic mass is 15.2. The molecule has 4 nitrogen and oxygen atoms in total. The third kappa shape index (κ3) is 8.07. The zero-order valence-corrected chi connectivity index (χ0v) is 50.5. The normalized spacial score (nSPS) is 13.2. The molecule has 17 aromatic rings. The molecule has 1 unspecified atom stereocenters. The summed E-state index contributed by atoms with van der Waals surface area (Å²) in [5.74, 6) is 0.505. The van der Waals surface area contributed by atoms with Crippen LogP contribution in [0, 0.1) is 13.8 Å². The standard InChI is InChI=1S/C86H60N4/c1-52-41-53(2)43-63(42-52)89-81-48-71-67-28-16-14-26-65(67)64-25-13-15-27-66(64)70(71)47-73(81)75-50-83-74(49-82(75)89)72-45-61(84(60-36-33-55-21-11-12-24-59(55)44-60)62-37-39-69-68-29-17-18-30-76(68)86(3,4)77(69)46-62)38-40-80(72)90(83)85-87-78(57-22-9-6-10-23-57)51-79(88-85)58-34-31-56(32-35-58)54-19-7-5-8-20-54/h5-51,84H,1-4H3. The molecule has 90 heavy (non-hydrogen) atoms. The van der Waals surface area contributed by atoms with Gasteiger partial charge in [0.25, 0.3) is 0 Å². The molecule has 0 amide bonds. The Morgan fingerprint density at radius 3 is 1.46 bits per heavy atom. The van der Waals surface area contributed by atoms with E-state index in [0.29, 0.717) is 5.95 Å². The predicted molar refractivity (Wildman–Crippen MR) is 378 cm³/mol. The van der Waals surface area contributed by atoms with Gasteiger partial charge in [-0.25, -0.2) is 9.97 Å². The van der Waals surface area contributed by atoms with Gasteiger partial charge in [0, 0.05) is 49.7 Å². The highest BCUT2D eigenvalue weighted by Gasteiger charge is 2.36. The Balaban J connectivity index is 0.952. The van der Waals surface area contributed by atoms with Gasteiger partial charge in [-0.15, -0.1) is 0 Å². The molecule has 1 atom stereocenters. The lowest BCUT2D eigenvalue weighted by Gasteiger charge is -2.25. The molecule has 424 valence electrons. The number of benzene rings is 14. The van der Waals surface area contributed by atoms with Crippen molar-refractivity contribution in [3.05, 3.63) is 324 Å². The molecule has 1 aliphatic carbocycles. The summed E-state index contributed by atoms with van der Waals surface area (Å²) in [7, 11) is 0. The highest BCUT2D eigenvalue weighted by molar-refractivity contribution is 6.29. The molecule has 18 rings (SSSR count). The number of rotatable bonds is 8. The van der Waals surface area contributed by atoms with Crippen LogP contribution in [0.5, 0.6) is 0 Å². The summed E-state index contributed by atoms with van der Waals surface area (Å²) in [6, 6.07) is 106. The van der Waals surface area contributed by atoms with Gasteiger partial charge in [-0.05, 0) is 173 Å². The van der Waals surface area contributed by atoms with Gasteiger partial charge in [-0.2, -0.15) is 0 Å². The summed E-state index contributed by atoms with van der Waals surface area (Å²) in [6.45, 7) is 9.21. The molecule has 0 fully saturated rings. The average Bonchev–Trinajstić information content (AvgIpc) is 1.54. The van der Waals surface area contributed by atoms with E-state index < -0.39 is 0 Å². The predicted octanol–water partition coefficient (Wildman–Crippen LogP) is 22.4. The second kappa shape index (κ2) is 19.9. The van der Waals surface area contributed by atoms with Gasteiger partial charge >= 0.3 is 0 Å². The second-order valence-electron chi connectivity index (χ2n) is 25.4. The summed E-state index contributed by atoms with van der Waals surface area (Å²) >= 11 is 0. The van der Waals surface area contributed by atoms with Crippen LogP contribution in [0.25, 0.3) is 143 Å². The van der Waals surface area contributed by atoms with Crippen LogP contribution in [0.15, 0.2) is 285 Å². The van der Waals surface area contributed by atoms with Gasteiger partial charge < -0.3 is 4.57 Å². The van der Waals surface area contributed by atoms with Crippen LogP contribution in [-0.2, 0) is 5.41 Å². The van der Waals surface area contributed by atoms with Crippen molar-refractivity contribution in [2.24, 2.45) is 0 Å². The van der Waals surface area contributed by atoms with Gasteiger partial charge in [0.05, 0.1) is 33.5 Å². The fourth-order valence-electron chi connectivity index (χ4n) is 15.5. The summed E-state index contributed by atoms with van der Waals surface area (Å²) in [5.41, 5.74) is 23.0. The molecule has 1 aliphatic rings. The number of aromatic nitrogens is 4. The lowest BCUT2D eigenvalue weighted by atomic mass is 9.78. The van der Waals surface area contributed by atoms with Crippen LogP contribution in [0.4, 0.5) is 0 Å². The van der Waals surface area contributed by atoms with Crippen molar-refractivity contribution in [3.63, 3.8) is 0 Å². The van der Waals surface area contributed by atoms with Crippen LogP contribution in [-0.4, -0.2) is 19.1 Å². The molecule has 0 bridgehead atoms. The van der Waals surface area contributed by atoms with Crippen LogP contribution >= 0.6 is 0 Å². The largest absolute Gasteiger partial charge is 0.309 e. The quantitative estimate of drug-likeness (QED) is 0.112. The second-order valence-corrected chi connectivity index (χ2v) is 25.4. The number of hydrogen-bond acceptors (Lipinski definition) is 2. The Morgan fingerprint density at radius 2 is 0.767 bits per heavy atom. The van der Waals surface area contributed by atoms with E-state index in [0.717, 1.165) is 72.0 Å². The Hall–Kier alpha value is -11.2. The SMILES string of the molecule is Cc1cc(C)cc(-n2c3cc4c5ccccc5c5ccccc5c4cc3c3cc4c(cc32)c2cc(C(c3ccc5c(c3)C(C)(C)c3ccccc3-5)c3ccc5ccccc5c3)ccc2n4-c2nc(-c3ccccc3)cc(-c3ccc(-c4ccccc4)cc3)n2)c1. The van der Waals surface area contributed by atoms with E-state index >= 15 is 0 Å². The van der Waals surface area contributed by atoms with Gasteiger partial charge in [0.2, 0.25) is 5.95 Å². The molecule has 0 saturated carbocycles. The number of fused-ring (bicyclic) bond motifs is 16. The minimum Gasteiger partial charge on any atom is -0.309 e. The maximum atomic E-state index is 5.69. The molecule has 0 aliphatic heterocycles. The third-order valence-corrected chi connectivity index (χ3v) is 19.7. The van der Waals surface area contributed by atoms with E-state index in [9.17, 15) is 0 Å². The number of hydrogen-bond donors (Lipinski definition) is 0. The van der Waals surface area contributed by atoms with E-state index in [2.05, 4.69) is 322 Å². The minimum atomic E-state index is -0.171. The van der Waals surface area contributed by atoms with Crippen molar-refractivity contribution in [1.82, 2.24) is 19.1 Å². The first-order chi connectivity index (χ1) is 44.2. The molecule has 0 spiro atoms. The molecule has 0 N–H and O–H groups in total. The third-order valence-electron chi connectivity index (χ3n) is 19.7. The summed E-state index contributed by atoms with van der Waals surface area (Å²) in [4.78, 5) is 11.3.